The molecule has 0 spiro atoms. The molecule has 1 saturated heterocycles. The number of ether oxygens (including phenoxy) is 1. The molecule has 0 radical (unpaired) electrons. The number of amides is 1. The van der Waals surface area contributed by atoms with Crippen LogP contribution < -0.4 is 5.73 Å². The molecule has 0 saturated carbocycles. The average Bonchev–Trinajstić information content (AvgIpc) is 2.71. The van der Waals surface area contributed by atoms with Gasteiger partial charge >= 0.3 is 0 Å². The van der Waals surface area contributed by atoms with E-state index in [4.69, 9.17) is 10.5 Å². The number of H-pyrrole nitrogens is 1. The third-order valence-corrected chi connectivity index (χ3v) is 2.99. The molecule has 5 nitrogen and oxygen atoms in total. The molecule has 1 aromatic rings. The second-order valence-corrected chi connectivity index (χ2v) is 3.86. The van der Waals surface area contributed by atoms with Gasteiger partial charge in [0, 0.05) is 12.0 Å². The summed E-state index contributed by atoms with van der Waals surface area (Å²) < 4.78 is 5.69. The molecular weight excluding hydrogens is 182 g/mol. The van der Waals surface area contributed by atoms with E-state index in [2.05, 4.69) is 10.2 Å². The summed E-state index contributed by atoms with van der Waals surface area (Å²) in [6.45, 7) is 0. The molecule has 14 heavy (non-hydrogen) atoms. The maximum Gasteiger partial charge on any atom is 0.269 e. The highest BCUT2D eigenvalue weighted by Gasteiger charge is 2.37. The quantitative estimate of drug-likeness (QED) is 0.672. The van der Waals surface area contributed by atoms with E-state index in [-0.39, 0.29) is 12.2 Å². The summed E-state index contributed by atoms with van der Waals surface area (Å²) in [7, 11) is 0. The van der Waals surface area contributed by atoms with Crippen LogP contribution in [0.25, 0.3) is 0 Å². The molecular formula is C9H11N3O2. The minimum atomic E-state index is -0.455. The lowest BCUT2D eigenvalue weighted by atomic mass is 10.0. The molecule has 3 N–H and O–H groups in total. The first-order valence-corrected chi connectivity index (χ1v) is 4.78. The van der Waals surface area contributed by atoms with E-state index in [1.807, 2.05) is 0 Å². The summed E-state index contributed by atoms with van der Waals surface area (Å²) in [5.74, 6) is -0.455. The van der Waals surface area contributed by atoms with Gasteiger partial charge < -0.3 is 10.5 Å². The molecule has 0 aliphatic carbocycles. The number of fused-ring (bicyclic) bond motifs is 4. The van der Waals surface area contributed by atoms with Gasteiger partial charge in [-0.15, -0.1) is 0 Å². The van der Waals surface area contributed by atoms with Crippen LogP contribution >= 0.6 is 0 Å². The predicted molar refractivity (Wildman–Crippen MR) is 47.7 cm³/mol. The smallest absolute Gasteiger partial charge is 0.269 e. The van der Waals surface area contributed by atoms with Crippen molar-refractivity contribution >= 4 is 5.91 Å². The van der Waals surface area contributed by atoms with Gasteiger partial charge in [-0.1, -0.05) is 0 Å². The molecule has 1 fully saturated rings. The number of rotatable bonds is 1. The third-order valence-electron chi connectivity index (χ3n) is 2.99. The summed E-state index contributed by atoms with van der Waals surface area (Å²) in [5, 5.41) is 6.80. The van der Waals surface area contributed by atoms with Crippen molar-refractivity contribution in [3.05, 3.63) is 17.0 Å². The van der Waals surface area contributed by atoms with Gasteiger partial charge in [0.05, 0.1) is 17.9 Å². The SMILES string of the molecule is NC(=O)c1n[nH]c2c1CC1CCC2O1. The molecule has 2 bridgehead atoms. The number of aromatic nitrogens is 2. The highest BCUT2D eigenvalue weighted by atomic mass is 16.5. The fourth-order valence-electron chi connectivity index (χ4n) is 2.35. The van der Waals surface area contributed by atoms with Gasteiger partial charge in [-0.25, -0.2) is 0 Å². The summed E-state index contributed by atoms with van der Waals surface area (Å²) in [6, 6.07) is 0. The highest BCUT2D eigenvalue weighted by Crippen LogP contribution is 2.40. The number of nitrogens with two attached hydrogens (primary N) is 1. The largest absolute Gasteiger partial charge is 0.368 e. The van der Waals surface area contributed by atoms with Gasteiger partial charge in [0.2, 0.25) is 0 Å². The van der Waals surface area contributed by atoms with E-state index in [9.17, 15) is 4.79 Å². The van der Waals surface area contributed by atoms with Crippen molar-refractivity contribution in [2.75, 3.05) is 0 Å². The van der Waals surface area contributed by atoms with Crippen LogP contribution in [0.2, 0.25) is 0 Å². The van der Waals surface area contributed by atoms with Crippen LogP contribution in [-0.2, 0) is 11.2 Å². The summed E-state index contributed by atoms with van der Waals surface area (Å²) >= 11 is 0. The van der Waals surface area contributed by atoms with E-state index in [0.29, 0.717) is 5.69 Å². The lowest BCUT2D eigenvalue weighted by molar-refractivity contribution is 0.0300. The third kappa shape index (κ3) is 0.928. The monoisotopic (exact) mass is 193 g/mol. The Balaban J connectivity index is 2.11. The lowest BCUT2D eigenvalue weighted by Crippen LogP contribution is -2.21. The van der Waals surface area contributed by atoms with Crippen LogP contribution in [0.5, 0.6) is 0 Å². The zero-order valence-electron chi connectivity index (χ0n) is 7.62. The van der Waals surface area contributed by atoms with E-state index in [1.165, 1.54) is 0 Å². The van der Waals surface area contributed by atoms with Crippen LogP contribution in [0.3, 0.4) is 0 Å². The molecule has 2 aliphatic heterocycles. The maximum atomic E-state index is 11.1. The normalized spacial score (nSPS) is 28.9. The molecule has 3 rings (SSSR count). The minimum Gasteiger partial charge on any atom is -0.368 e. The van der Waals surface area contributed by atoms with Crippen molar-refractivity contribution in [3.8, 4) is 0 Å². The molecule has 5 heteroatoms. The van der Waals surface area contributed by atoms with Crippen LogP contribution in [-0.4, -0.2) is 22.2 Å². The Hall–Kier alpha value is -1.36. The number of carbonyl (C=O) groups is 1. The van der Waals surface area contributed by atoms with E-state index < -0.39 is 5.91 Å². The number of nitrogens with zero attached hydrogens (tertiary/aromatic N) is 1. The van der Waals surface area contributed by atoms with E-state index in [1.54, 1.807) is 0 Å². The Morgan fingerprint density at radius 2 is 2.43 bits per heavy atom. The van der Waals surface area contributed by atoms with Gasteiger partial charge in [0.25, 0.3) is 5.91 Å². The average molecular weight is 193 g/mol. The van der Waals surface area contributed by atoms with Gasteiger partial charge in [0.15, 0.2) is 5.69 Å². The number of nitrogens with one attached hydrogen (secondary N) is 1. The molecule has 0 aromatic carbocycles. The first-order valence-electron chi connectivity index (χ1n) is 4.78. The zero-order valence-corrected chi connectivity index (χ0v) is 7.62. The first-order chi connectivity index (χ1) is 6.75. The fourth-order valence-corrected chi connectivity index (χ4v) is 2.35. The molecule has 1 amide bonds. The number of hydrogen-bond acceptors (Lipinski definition) is 3. The Kier molecular flexibility index (Phi) is 1.47. The Morgan fingerprint density at radius 1 is 1.57 bits per heavy atom. The molecule has 3 heterocycles. The van der Waals surface area contributed by atoms with Crippen molar-refractivity contribution in [2.24, 2.45) is 5.73 Å². The van der Waals surface area contributed by atoms with Crippen LogP contribution in [0, 0.1) is 0 Å². The summed E-state index contributed by atoms with van der Waals surface area (Å²) in [4.78, 5) is 11.1. The first kappa shape index (κ1) is 7.99. The summed E-state index contributed by atoms with van der Waals surface area (Å²) in [5.41, 5.74) is 7.54. The Labute approximate surface area is 80.6 Å². The van der Waals surface area contributed by atoms with Crippen molar-refractivity contribution in [1.82, 2.24) is 10.2 Å². The second-order valence-electron chi connectivity index (χ2n) is 3.86. The van der Waals surface area contributed by atoms with Gasteiger partial charge in [-0.3, -0.25) is 9.89 Å². The number of aromatic amines is 1. The number of carbonyl (C=O) groups excluding carboxylic acids is 1. The molecule has 1 aromatic heterocycles. The van der Waals surface area contributed by atoms with Crippen molar-refractivity contribution in [1.29, 1.82) is 0 Å². The number of primary amides is 1. The highest BCUT2D eigenvalue weighted by molar-refractivity contribution is 5.92. The second kappa shape index (κ2) is 2.57. The lowest BCUT2D eigenvalue weighted by Gasteiger charge is -2.19. The minimum absolute atomic E-state index is 0.101. The van der Waals surface area contributed by atoms with Crippen molar-refractivity contribution in [2.45, 2.75) is 31.5 Å². The maximum absolute atomic E-state index is 11.1. The zero-order chi connectivity index (χ0) is 9.71. The topological polar surface area (TPSA) is 81.0 Å². The van der Waals surface area contributed by atoms with Crippen LogP contribution in [0.15, 0.2) is 0 Å². The standard InChI is InChI=1S/C9H11N3O2/c10-9(13)8-5-3-4-1-2-6(14-4)7(5)11-12-8/h4,6H,1-3H2,(H2,10,13)(H,11,12). The van der Waals surface area contributed by atoms with Crippen LogP contribution in [0.4, 0.5) is 0 Å². The Morgan fingerprint density at radius 3 is 3.21 bits per heavy atom. The van der Waals surface area contributed by atoms with E-state index in [0.717, 1.165) is 30.5 Å². The molecule has 2 unspecified atom stereocenters. The molecule has 74 valence electrons. The Bertz CT molecular complexity index is 399. The van der Waals surface area contributed by atoms with E-state index >= 15 is 0 Å². The van der Waals surface area contributed by atoms with Crippen LogP contribution in [0.1, 0.15) is 40.7 Å². The predicted octanol–water partition coefficient (Wildman–Crippen LogP) is 0.285. The van der Waals surface area contributed by atoms with Crippen molar-refractivity contribution in [3.63, 3.8) is 0 Å². The van der Waals surface area contributed by atoms with Gasteiger partial charge in [0.1, 0.15) is 0 Å². The molecule has 2 aliphatic rings. The van der Waals surface area contributed by atoms with Gasteiger partial charge in [-0.2, -0.15) is 5.10 Å². The number of hydrogen-bond donors (Lipinski definition) is 2. The van der Waals surface area contributed by atoms with Gasteiger partial charge in [-0.05, 0) is 12.8 Å². The van der Waals surface area contributed by atoms with Crippen molar-refractivity contribution < 1.29 is 9.53 Å². The summed E-state index contributed by atoms with van der Waals surface area (Å²) in [6.07, 6.45) is 3.19. The fraction of sp³-hybridized carbons (Fsp3) is 0.556. The molecule has 2 atom stereocenters.